The van der Waals surface area contributed by atoms with E-state index in [1.165, 1.54) is 18.4 Å². The highest BCUT2D eigenvalue weighted by Gasteiger charge is 2.16. The first kappa shape index (κ1) is 7.80. The van der Waals surface area contributed by atoms with Gasteiger partial charge in [0.15, 0.2) is 0 Å². The van der Waals surface area contributed by atoms with Gasteiger partial charge >= 0.3 is 0 Å². The molecule has 0 aromatic heterocycles. The Kier molecular flexibility index (Phi) is 2.50. The molecular weight excluding hydrogens is 122 g/mol. The van der Waals surface area contributed by atoms with Crippen molar-refractivity contribution in [3.05, 3.63) is 12.2 Å². The van der Waals surface area contributed by atoms with Gasteiger partial charge in [-0.2, -0.15) is 0 Å². The largest absolute Gasteiger partial charge is 0.310 e. The molecule has 1 rings (SSSR count). The summed E-state index contributed by atoms with van der Waals surface area (Å²) in [6.45, 7) is 9.50. The monoisotopic (exact) mass is 139 g/mol. The molecule has 58 valence electrons. The van der Waals surface area contributed by atoms with E-state index in [2.05, 4.69) is 25.7 Å². The summed E-state index contributed by atoms with van der Waals surface area (Å²) < 4.78 is 0. The lowest BCUT2D eigenvalue weighted by molar-refractivity contribution is 0.353. The highest BCUT2D eigenvalue weighted by molar-refractivity contribution is 5.02. The molecule has 1 fully saturated rings. The van der Waals surface area contributed by atoms with Gasteiger partial charge in [0.1, 0.15) is 0 Å². The molecule has 2 atom stereocenters. The molecule has 0 amide bonds. The van der Waals surface area contributed by atoms with Gasteiger partial charge < -0.3 is 5.32 Å². The Balaban J connectivity index is 2.33. The van der Waals surface area contributed by atoms with Gasteiger partial charge in [-0.3, -0.25) is 0 Å². The second-order valence-corrected chi connectivity index (χ2v) is 3.49. The van der Waals surface area contributed by atoms with Crippen LogP contribution < -0.4 is 5.32 Å². The fourth-order valence-electron chi connectivity index (χ4n) is 1.42. The molecule has 0 aromatic carbocycles. The molecule has 0 bridgehead atoms. The van der Waals surface area contributed by atoms with Crippen molar-refractivity contribution in [2.24, 2.45) is 5.92 Å². The Labute approximate surface area is 63.5 Å². The van der Waals surface area contributed by atoms with Gasteiger partial charge in [0, 0.05) is 6.04 Å². The van der Waals surface area contributed by atoms with Crippen molar-refractivity contribution in [3.63, 3.8) is 0 Å². The SMILES string of the molecule is C=C(C)C1CCC(C)CN1. The minimum absolute atomic E-state index is 0.594. The maximum absolute atomic E-state index is 3.94. The van der Waals surface area contributed by atoms with Crippen molar-refractivity contribution in [2.75, 3.05) is 6.54 Å². The Bertz CT molecular complexity index is 121. The van der Waals surface area contributed by atoms with Gasteiger partial charge in [0.2, 0.25) is 0 Å². The number of rotatable bonds is 1. The van der Waals surface area contributed by atoms with Crippen LogP contribution >= 0.6 is 0 Å². The normalized spacial score (nSPS) is 33.8. The van der Waals surface area contributed by atoms with Gasteiger partial charge in [0.05, 0.1) is 0 Å². The zero-order valence-electron chi connectivity index (χ0n) is 6.98. The van der Waals surface area contributed by atoms with Gasteiger partial charge in [-0.05, 0) is 32.2 Å². The van der Waals surface area contributed by atoms with Crippen LogP contribution in [0.2, 0.25) is 0 Å². The Hall–Kier alpha value is -0.300. The Morgan fingerprint density at radius 3 is 2.60 bits per heavy atom. The van der Waals surface area contributed by atoms with E-state index in [-0.39, 0.29) is 0 Å². The van der Waals surface area contributed by atoms with E-state index in [1.54, 1.807) is 0 Å². The fourth-order valence-corrected chi connectivity index (χ4v) is 1.42. The summed E-state index contributed by atoms with van der Waals surface area (Å²) in [4.78, 5) is 0. The third-order valence-electron chi connectivity index (χ3n) is 2.26. The molecule has 1 saturated heterocycles. The first-order chi connectivity index (χ1) is 4.70. The summed E-state index contributed by atoms with van der Waals surface area (Å²) in [6.07, 6.45) is 2.63. The number of hydrogen-bond acceptors (Lipinski definition) is 1. The van der Waals surface area contributed by atoms with Crippen LogP contribution in [0.5, 0.6) is 0 Å². The predicted octanol–water partition coefficient (Wildman–Crippen LogP) is 1.95. The molecule has 0 aromatic rings. The second kappa shape index (κ2) is 3.20. The summed E-state index contributed by atoms with van der Waals surface area (Å²) in [5, 5.41) is 3.47. The summed E-state index contributed by atoms with van der Waals surface area (Å²) in [5.41, 5.74) is 1.28. The molecule has 1 nitrogen and oxygen atoms in total. The van der Waals surface area contributed by atoms with Crippen LogP contribution in [0, 0.1) is 5.92 Å². The van der Waals surface area contributed by atoms with Crippen molar-refractivity contribution in [2.45, 2.75) is 32.7 Å². The van der Waals surface area contributed by atoms with E-state index in [9.17, 15) is 0 Å². The van der Waals surface area contributed by atoms with Crippen LogP contribution in [-0.4, -0.2) is 12.6 Å². The van der Waals surface area contributed by atoms with Crippen LogP contribution in [0.15, 0.2) is 12.2 Å². The molecule has 1 heteroatoms. The van der Waals surface area contributed by atoms with Crippen LogP contribution in [0.4, 0.5) is 0 Å². The van der Waals surface area contributed by atoms with E-state index in [0.29, 0.717) is 6.04 Å². The number of piperidine rings is 1. The Morgan fingerprint density at radius 1 is 1.50 bits per heavy atom. The first-order valence-corrected chi connectivity index (χ1v) is 4.09. The fraction of sp³-hybridized carbons (Fsp3) is 0.778. The standard InChI is InChI=1S/C9H17N/c1-7(2)9-5-4-8(3)6-10-9/h8-10H,1,4-6H2,2-3H3. The van der Waals surface area contributed by atoms with Crippen molar-refractivity contribution >= 4 is 0 Å². The third kappa shape index (κ3) is 1.84. The van der Waals surface area contributed by atoms with Crippen LogP contribution in [-0.2, 0) is 0 Å². The van der Waals surface area contributed by atoms with Gasteiger partial charge in [-0.15, -0.1) is 0 Å². The first-order valence-electron chi connectivity index (χ1n) is 4.09. The van der Waals surface area contributed by atoms with E-state index >= 15 is 0 Å². The highest BCUT2D eigenvalue weighted by Crippen LogP contribution is 2.16. The lowest BCUT2D eigenvalue weighted by Crippen LogP contribution is -2.38. The minimum atomic E-state index is 0.594. The average molecular weight is 139 g/mol. The minimum Gasteiger partial charge on any atom is -0.310 e. The molecule has 0 radical (unpaired) electrons. The van der Waals surface area contributed by atoms with Crippen molar-refractivity contribution in [1.29, 1.82) is 0 Å². The summed E-state index contributed by atoms with van der Waals surface area (Å²) in [7, 11) is 0. The van der Waals surface area contributed by atoms with Crippen LogP contribution in [0.25, 0.3) is 0 Å². The van der Waals surface area contributed by atoms with Crippen LogP contribution in [0.1, 0.15) is 26.7 Å². The molecule has 1 N–H and O–H groups in total. The number of nitrogens with one attached hydrogen (secondary N) is 1. The molecule has 0 aliphatic carbocycles. The third-order valence-corrected chi connectivity index (χ3v) is 2.26. The maximum Gasteiger partial charge on any atom is 0.0274 e. The molecule has 10 heavy (non-hydrogen) atoms. The highest BCUT2D eigenvalue weighted by atomic mass is 14.9. The zero-order chi connectivity index (χ0) is 7.56. The van der Waals surface area contributed by atoms with Crippen LogP contribution in [0.3, 0.4) is 0 Å². The van der Waals surface area contributed by atoms with Gasteiger partial charge in [-0.25, -0.2) is 0 Å². The quantitative estimate of drug-likeness (QED) is 0.547. The molecular formula is C9H17N. The van der Waals surface area contributed by atoms with Crippen molar-refractivity contribution in [3.8, 4) is 0 Å². The molecule has 1 aliphatic heterocycles. The summed E-state index contributed by atoms with van der Waals surface area (Å²) in [6, 6.07) is 0.594. The molecule has 0 spiro atoms. The molecule has 1 heterocycles. The lowest BCUT2D eigenvalue weighted by Gasteiger charge is -2.27. The lowest BCUT2D eigenvalue weighted by atomic mass is 9.93. The summed E-state index contributed by atoms with van der Waals surface area (Å²) in [5.74, 6) is 0.857. The van der Waals surface area contributed by atoms with Crippen molar-refractivity contribution in [1.82, 2.24) is 5.32 Å². The summed E-state index contributed by atoms with van der Waals surface area (Å²) >= 11 is 0. The molecule has 1 aliphatic rings. The molecule has 2 unspecified atom stereocenters. The second-order valence-electron chi connectivity index (χ2n) is 3.49. The Morgan fingerprint density at radius 2 is 2.20 bits per heavy atom. The predicted molar refractivity (Wildman–Crippen MR) is 45.0 cm³/mol. The maximum atomic E-state index is 3.94. The van der Waals surface area contributed by atoms with E-state index < -0.39 is 0 Å². The van der Waals surface area contributed by atoms with E-state index in [1.807, 2.05) is 0 Å². The molecule has 0 saturated carbocycles. The topological polar surface area (TPSA) is 12.0 Å². The smallest absolute Gasteiger partial charge is 0.0274 e. The zero-order valence-corrected chi connectivity index (χ0v) is 6.98. The van der Waals surface area contributed by atoms with Crippen molar-refractivity contribution < 1.29 is 0 Å². The van der Waals surface area contributed by atoms with E-state index in [0.717, 1.165) is 12.5 Å². The van der Waals surface area contributed by atoms with Gasteiger partial charge in [0.25, 0.3) is 0 Å². The van der Waals surface area contributed by atoms with E-state index in [4.69, 9.17) is 0 Å². The average Bonchev–Trinajstić information content (AvgIpc) is 1.88. The van der Waals surface area contributed by atoms with Gasteiger partial charge in [-0.1, -0.05) is 19.1 Å². The number of hydrogen-bond donors (Lipinski definition) is 1.